The van der Waals surface area contributed by atoms with E-state index in [1.807, 2.05) is 0 Å². The number of hydrogen-bond acceptors (Lipinski definition) is 13. The van der Waals surface area contributed by atoms with Gasteiger partial charge in [-0.05, 0) is 11.8 Å². The first-order valence-electron chi connectivity index (χ1n) is 9.65. The molecule has 2 unspecified atom stereocenters. The Morgan fingerprint density at radius 2 is 2.00 bits per heavy atom. The van der Waals surface area contributed by atoms with Crippen molar-refractivity contribution in [2.24, 2.45) is 5.73 Å². The van der Waals surface area contributed by atoms with Crippen molar-refractivity contribution in [2.75, 3.05) is 52.6 Å². The van der Waals surface area contributed by atoms with E-state index < -0.39 is 37.9 Å². The van der Waals surface area contributed by atoms with Crippen molar-refractivity contribution in [3.63, 3.8) is 0 Å². The predicted octanol–water partition coefficient (Wildman–Crippen LogP) is -1.12. The first kappa shape index (κ1) is 25.3. The van der Waals surface area contributed by atoms with Gasteiger partial charge in [0.2, 0.25) is 0 Å². The van der Waals surface area contributed by atoms with Gasteiger partial charge in [-0.15, -0.1) is 0 Å². The van der Waals surface area contributed by atoms with Gasteiger partial charge < -0.3 is 44.9 Å². The summed E-state index contributed by atoms with van der Waals surface area (Å²) in [6.07, 6.45) is -0.856. The van der Waals surface area contributed by atoms with E-state index in [0.29, 0.717) is 30.9 Å². The third kappa shape index (κ3) is 5.95. The highest BCUT2D eigenvalue weighted by molar-refractivity contribution is 8.07. The van der Waals surface area contributed by atoms with Crippen LogP contribution >= 0.6 is 6.72 Å². The molecule has 3 heterocycles. The smallest absolute Gasteiger partial charge is 0.324 e. The molecule has 1 saturated heterocycles. The molecule has 0 saturated carbocycles. The lowest BCUT2D eigenvalue weighted by Gasteiger charge is -2.27. The van der Waals surface area contributed by atoms with Crippen LogP contribution in [0.2, 0.25) is 0 Å². The number of aromatic nitrogens is 4. The molecule has 6 N–H and O–H groups in total. The summed E-state index contributed by atoms with van der Waals surface area (Å²) < 4.78 is 34.6. The Hall–Kier alpha value is -1.36. The number of ether oxygens (including phenoxy) is 4. The van der Waals surface area contributed by atoms with Crippen LogP contribution in [-0.2, 0) is 39.8 Å². The van der Waals surface area contributed by atoms with Crippen molar-refractivity contribution < 1.29 is 38.0 Å². The molecule has 0 amide bonds. The molecule has 14 nitrogen and oxygen atoms in total. The number of aliphatic hydroxyl groups is 1. The van der Waals surface area contributed by atoms with Gasteiger partial charge in [0.1, 0.15) is 36.9 Å². The number of nitrogens with zero attached hydrogens (tertiary/aromatic N) is 4. The Morgan fingerprint density at radius 1 is 1.22 bits per heavy atom. The predicted molar refractivity (Wildman–Crippen MR) is 115 cm³/mol. The highest BCUT2D eigenvalue weighted by Crippen LogP contribution is 2.48. The van der Waals surface area contributed by atoms with E-state index in [0.717, 1.165) is 0 Å². The molecular formula is C16H27N6O8PS. The van der Waals surface area contributed by atoms with Gasteiger partial charge in [-0.3, -0.25) is 9.09 Å². The largest absolute Gasteiger partial charge is 0.394 e. The Kier molecular flexibility index (Phi) is 9.22. The number of rotatable bonds is 13. The highest BCUT2D eigenvalue weighted by atomic mass is 32.5. The van der Waals surface area contributed by atoms with Crippen LogP contribution in [0.3, 0.4) is 0 Å². The number of nitrogens with two attached hydrogens (primary N) is 2. The fourth-order valence-electron chi connectivity index (χ4n) is 3.13. The minimum Gasteiger partial charge on any atom is -0.394 e. The van der Waals surface area contributed by atoms with Crippen molar-refractivity contribution in [2.45, 2.75) is 24.5 Å². The maximum Gasteiger partial charge on any atom is 0.324 e. The minimum atomic E-state index is -3.61. The van der Waals surface area contributed by atoms with Crippen LogP contribution in [0, 0.1) is 0 Å². The van der Waals surface area contributed by atoms with Crippen molar-refractivity contribution >= 4 is 35.5 Å². The van der Waals surface area contributed by atoms with Gasteiger partial charge in [-0.2, -0.15) is 0 Å². The molecule has 1 aliphatic heterocycles. The van der Waals surface area contributed by atoms with Crippen molar-refractivity contribution in [3.8, 4) is 0 Å². The van der Waals surface area contributed by atoms with E-state index in [4.69, 9.17) is 51.3 Å². The molecule has 0 aliphatic carbocycles. The van der Waals surface area contributed by atoms with E-state index in [1.54, 1.807) is 4.57 Å². The van der Waals surface area contributed by atoms with Crippen molar-refractivity contribution in [1.29, 1.82) is 0 Å². The second-order valence-electron chi connectivity index (χ2n) is 6.61. The molecular weight excluding hydrogens is 467 g/mol. The average molecular weight is 494 g/mol. The zero-order valence-corrected chi connectivity index (χ0v) is 19.1. The maximum absolute atomic E-state index is 10.2. The normalized spacial score (nSPS) is 25.4. The lowest BCUT2D eigenvalue weighted by molar-refractivity contribution is -0.141. The molecule has 5 atom stereocenters. The fourth-order valence-corrected chi connectivity index (χ4v) is 4.07. The molecule has 0 aromatic carbocycles. The van der Waals surface area contributed by atoms with Gasteiger partial charge in [0.25, 0.3) is 0 Å². The molecule has 1 fully saturated rings. The number of aliphatic hydroxyl groups excluding tert-OH is 1. The molecule has 1 aliphatic rings. The van der Waals surface area contributed by atoms with Gasteiger partial charge >= 0.3 is 6.72 Å². The van der Waals surface area contributed by atoms with Crippen molar-refractivity contribution in [1.82, 2.24) is 19.5 Å². The fraction of sp³-hybridized carbons (Fsp3) is 0.688. The number of nitrogen functional groups attached to an aromatic ring is 1. The van der Waals surface area contributed by atoms with Gasteiger partial charge in [0.15, 0.2) is 17.7 Å². The van der Waals surface area contributed by atoms with Crippen LogP contribution in [-0.4, -0.2) is 94.7 Å². The summed E-state index contributed by atoms with van der Waals surface area (Å²) in [6, 6.07) is 0. The molecule has 0 bridgehead atoms. The summed E-state index contributed by atoms with van der Waals surface area (Å²) in [7, 11) is 1.23. The molecule has 16 heteroatoms. The summed E-state index contributed by atoms with van der Waals surface area (Å²) in [5.41, 5.74) is 12.0. The molecule has 180 valence electrons. The summed E-state index contributed by atoms with van der Waals surface area (Å²) in [5.74, 6) is 0.196. The monoisotopic (exact) mass is 494 g/mol. The Balaban J connectivity index is 1.81. The second-order valence-corrected chi connectivity index (χ2v) is 9.51. The number of anilines is 1. The second kappa shape index (κ2) is 11.7. The Morgan fingerprint density at radius 3 is 2.72 bits per heavy atom. The van der Waals surface area contributed by atoms with E-state index in [1.165, 1.54) is 19.8 Å². The lowest BCUT2D eigenvalue weighted by Crippen LogP contribution is -2.38. The van der Waals surface area contributed by atoms with Crippen LogP contribution in [0.4, 0.5) is 5.82 Å². The van der Waals surface area contributed by atoms with Gasteiger partial charge in [0.05, 0.1) is 32.8 Å². The zero-order valence-electron chi connectivity index (χ0n) is 17.3. The molecule has 3 rings (SSSR count). The standard InChI is InChI=1S/C16H27N6O8PS/c1-25-31(24,32)30-12-10(6-23)29-16(13(12)28-9-27-5-4-26-3-2-17)22-8-21-11-14(18)19-7-20-15(11)22/h7-8,10,12-13,16,23H,2-6,9,17H2,1H3,(H,24,32)(H2,18,19,20)/t10-,12?,13+,16-,31?/m1/s1. The first-order chi connectivity index (χ1) is 15.4. The van der Waals surface area contributed by atoms with Crippen LogP contribution in [0.25, 0.3) is 11.2 Å². The lowest BCUT2D eigenvalue weighted by atomic mass is 10.1. The molecule has 2 aromatic heterocycles. The van der Waals surface area contributed by atoms with Crippen molar-refractivity contribution in [3.05, 3.63) is 12.7 Å². The summed E-state index contributed by atoms with van der Waals surface area (Å²) in [6.45, 7) is -2.75. The van der Waals surface area contributed by atoms with Crippen LogP contribution in [0.5, 0.6) is 0 Å². The number of hydrogen-bond donors (Lipinski definition) is 4. The average Bonchev–Trinajstić information content (AvgIpc) is 3.35. The van der Waals surface area contributed by atoms with Gasteiger partial charge in [-0.1, -0.05) is 0 Å². The topological polar surface area (TPSA) is 191 Å². The van der Waals surface area contributed by atoms with Crippen LogP contribution < -0.4 is 11.5 Å². The van der Waals surface area contributed by atoms with E-state index in [-0.39, 0.29) is 19.2 Å². The number of fused-ring (bicyclic) bond motifs is 1. The Labute approximate surface area is 189 Å². The first-order valence-corrected chi connectivity index (χ1v) is 12.2. The summed E-state index contributed by atoms with van der Waals surface area (Å²) >= 11 is 4.98. The highest BCUT2D eigenvalue weighted by Gasteiger charge is 2.49. The van der Waals surface area contributed by atoms with Gasteiger partial charge in [-0.25, -0.2) is 15.0 Å². The quantitative estimate of drug-likeness (QED) is 0.149. The third-order valence-electron chi connectivity index (χ3n) is 4.59. The van der Waals surface area contributed by atoms with Crippen LogP contribution in [0.1, 0.15) is 6.23 Å². The molecule has 2 aromatic rings. The molecule has 32 heavy (non-hydrogen) atoms. The van der Waals surface area contributed by atoms with E-state index >= 15 is 0 Å². The maximum atomic E-state index is 10.2. The molecule has 0 spiro atoms. The Bertz CT molecular complexity index is 922. The van der Waals surface area contributed by atoms with E-state index in [2.05, 4.69) is 15.0 Å². The van der Waals surface area contributed by atoms with Crippen LogP contribution in [0.15, 0.2) is 12.7 Å². The number of imidazole rings is 1. The zero-order chi connectivity index (χ0) is 23.1. The molecule has 0 radical (unpaired) electrons. The summed E-state index contributed by atoms with van der Waals surface area (Å²) in [5, 5.41) is 9.86. The van der Waals surface area contributed by atoms with Gasteiger partial charge in [0, 0.05) is 13.7 Å². The third-order valence-corrected chi connectivity index (χ3v) is 6.27. The SMILES string of the molecule is COP(O)(=S)OC1[C@@H](CO)O[C@@H](n2cnc3c(N)ncnc32)[C@H]1OCOCCOCCN. The van der Waals surface area contributed by atoms with E-state index in [9.17, 15) is 10.00 Å². The minimum absolute atomic E-state index is 0.153. The summed E-state index contributed by atoms with van der Waals surface area (Å²) in [4.78, 5) is 22.6.